The molecule has 2 aliphatic rings. The number of cyclic esters (lactones) is 1. The van der Waals surface area contributed by atoms with Crippen molar-refractivity contribution in [1.29, 1.82) is 0 Å². The van der Waals surface area contributed by atoms with Crippen molar-refractivity contribution in [3.05, 3.63) is 36.4 Å². The first-order valence-corrected chi connectivity index (χ1v) is 10.9. The van der Waals surface area contributed by atoms with Crippen LogP contribution < -0.4 is 9.80 Å². The van der Waals surface area contributed by atoms with Gasteiger partial charge in [0.05, 0.1) is 43.8 Å². The van der Waals surface area contributed by atoms with E-state index in [1.807, 2.05) is 4.90 Å². The van der Waals surface area contributed by atoms with Gasteiger partial charge in [0.2, 0.25) is 5.91 Å². The Hall–Kier alpha value is -3.25. The van der Waals surface area contributed by atoms with Crippen molar-refractivity contribution >= 4 is 23.4 Å². The van der Waals surface area contributed by atoms with Crippen LogP contribution in [0.1, 0.15) is 0 Å². The molecular formula is C21H28FN7O4. The molecule has 2 aliphatic heterocycles. The van der Waals surface area contributed by atoms with Crippen LogP contribution in [0.3, 0.4) is 0 Å². The van der Waals surface area contributed by atoms with Crippen molar-refractivity contribution in [2.24, 2.45) is 0 Å². The lowest BCUT2D eigenvalue weighted by atomic mass is 10.2. The number of halogens is 1. The normalized spacial score (nSPS) is 18.8. The average Bonchev–Trinajstić information content (AvgIpc) is 3.43. The second-order valence-electron chi connectivity index (χ2n) is 8.21. The Balaban J connectivity index is 1.34. The fraction of sp³-hybridized carbons (Fsp3) is 0.524. The van der Waals surface area contributed by atoms with Crippen molar-refractivity contribution in [2.75, 3.05) is 69.3 Å². The molecule has 0 bridgehead atoms. The molecule has 3 heterocycles. The van der Waals surface area contributed by atoms with Gasteiger partial charge in [0, 0.05) is 38.9 Å². The van der Waals surface area contributed by atoms with Gasteiger partial charge in [-0.25, -0.2) is 13.9 Å². The molecular weight excluding hydrogens is 433 g/mol. The number of nitrogens with zero attached hydrogens (tertiary/aromatic N) is 7. The van der Waals surface area contributed by atoms with Gasteiger partial charge in [-0.3, -0.25) is 14.6 Å². The van der Waals surface area contributed by atoms with Crippen LogP contribution in [0.5, 0.6) is 0 Å². The van der Waals surface area contributed by atoms with E-state index in [1.165, 1.54) is 11.0 Å². The van der Waals surface area contributed by atoms with Crippen LogP contribution in [0.2, 0.25) is 0 Å². The van der Waals surface area contributed by atoms with E-state index in [4.69, 9.17) is 9.84 Å². The van der Waals surface area contributed by atoms with Crippen LogP contribution in [0.15, 0.2) is 30.6 Å². The minimum absolute atomic E-state index is 0.00442. The molecule has 2 fully saturated rings. The lowest BCUT2D eigenvalue weighted by molar-refractivity contribution is -0.132. The molecule has 12 heteroatoms. The summed E-state index contributed by atoms with van der Waals surface area (Å²) in [5.41, 5.74) is 0.873. The molecule has 0 aliphatic carbocycles. The number of hydrogen-bond acceptors (Lipinski definition) is 8. The summed E-state index contributed by atoms with van der Waals surface area (Å²) in [4.78, 5) is 31.5. The summed E-state index contributed by atoms with van der Waals surface area (Å²) in [6, 6.07) is 4.71. The number of likely N-dealkylation sites (N-methyl/N-ethyl adjacent to an activating group) is 1. The molecule has 1 atom stereocenters. The predicted octanol–water partition coefficient (Wildman–Crippen LogP) is 0.0153. The number of aromatic nitrogens is 3. The number of carbonyl (C=O) groups excluding carboxylic acids is 2. The Labute approximate surface area is 190 Å². The van der Waals surface area contributed by atoms with Gasteiger partial charge < -0.3 is 19.6 Å². The number of benzene rings is 1. The molecule has 1 N–H and O–H groups in total. The summed E-state index contributed by atoms with van der Waals surface area (Å²) in [7, 11) is 1.79. The predicted molar refractivity (Wildman–Crippen MR) is 117 cm³/mol. The topological polar surface area (TPSA) is 107 Å². The number of aliphatic hydroxyl groups is 1. The maximum atomic E-state index is 15.0. The number of rotatable bonds is 8. The van der Waals surface area contributed by atoms with E-state index in [-0.39, 0.29) is 19.1 Å². The van der Waals surface area contributed by atoms with Crippen LogP contribution in [-0.2, 0) is 16.1 Å². The van der Waals surface area contributed by atoms with Gasteiger partial charge in [-0.05, 0) is 25.2 Å². The van der Waals surface area contributed by atoms with Crippen LogP contribution in [-0.4, -0.2) is 107 Å². The van der Waals surface area contributed by atoms with Crippen molar-refractivity contribution in [3.8, 4) is 0 Å². The number of carbonyl (C=O) groups is 2. The summed E-state index contributed by atoms with van der Waals surface area (Å²) in [6.45, 7) is 3.37. The molecule has 1 aromatic carbocycles. The van der Waals surface area contributed by atoms with Crippen molar-refractivity contribution in [2.45, 2.75) is 12.6 Å². The monoisotopic (exact) mass is 461 g/mol. The van der Waals surface area contributed by atoms with Gasteiger partial charge in [-0.1, -0.05) is 5.21 Å². The fourth-order valence-corrected chi connectivity index (χ4v) is 4.06. The van der Waals surface area contributed by atoms with E-state index in [1.54, 1.807) is 46.1 Å². The van der Waals surface area contributed by atoms with Crippen molar-refractivity contribution in [3.63, 3.8) is 0 Å². The minimum Gasteiger partial charge on any atom is -0.442 e. The van der Waals surface area contributed by atoms with Gasteiger partial charge in [0.1, 0.15) is 11.9 Å². The highest BCUT2D eigenvalue weighted by atomic mass is 19.1. The number of amides is 2. The van der Waals surface area contributed by atoms with Gasteiger partial charge in [0.15, 0.2) is 0 Å². The largest absolute Gasteiger partial charge is 0.442 e. The van der Waals surface area contributed by atoms with Gasteiger partial charge in [-0.15, -0.1) is 5.10 Å². The van der Waals surface area contributed by atoms with E-state index in [9.17, 15) is 14.0 Å². The lowest BCUT2D eigenvalue weighted by Gasteiger charge is -2.37. The molecule has 4 rings (SSSR count). The average molecular weight is 461 g/mol. The first-order chi connectivity index (χ1) is 15.9. The molecule has 11 nitrogen and oxygen atoms in total. The van der Waals surface area contributed by atoms with E-state index >= 15 is 0 Å². The zero-order chi connectivity index (χ0) is 23.4. The van der Waals surface area contributed by atoms with Gasteiger partial charge >= 0.3 is 6.09 Å². The minimum atomic E-state index is -0.523. The molecule has 1 aromatic heterocycles. The van der Waals surface area contributed by atoms with Gasteiger partial charge in [-0.2, -0.15) is 0 Å². The Morgan fingerprint density at radius 3 is 2.76 bits per heavy atom. The molecule has 0 spiro atoms. The first kappa shape index (κ1) is 22.9. The summed E-state index contributed by atoms with van der Waals surface area (Å²) in [6.07, 6.45) is 2.31. The Morgan fingerprint density at radius 1 is 1.30 bits per heavy atom. The molecule has 2 saturated heterocycles. The molecule has 2 amide bonds. The molecule has 178 valence electrons. The summed E-state index contributed by atoms with van der Waals surface area (Å²) >= 11 is 0. The third-order valence-electron chi connectivity index (χ3n) is 5.84. The fourth-order valence-electron chi connectivity index (χ4n) is 4.06. The van der Waals surface area contributed by atoms with Crippen molar-refractivity contribution < 1.29 is 23.8 Å². The quantitative estimate of drug-likeness (QED) is 0.586. The zero-order valence-corrected chi connectivity index (χ0v) is 18.5. The van der Waals surface area contributed by atoms with E-state index in [0.29, 0.717) is 57.2 Å². The molecule has 0 saturated carbocycles. The SMILES string of the molecule is CN(CCO)CC(=O)N1CCN(c2ccc(N3C[C@H](Cn4ccnn4)OC3=O)cc2F)CC1. The van der Waals surface area contributed by atoms with Crippen LogP contribution in [0, 0.1) is 5.82 Å². The number of anilines is 2. The van der Waals surface area contributed by atoms with Gasteiger partial charge in [0.25, 0.3) is 0 Å². The number of piperazine rings is 1. The van der Waals surface area contributed by atoms with Crippen LogP contribution in [0.4, 0.5) is 20.6 Å². The van der Waals surface area contributed by atoms with Crippen LogP contribution in [0.25, 0.3) is 0 Å². The third-order valence-corrected chi connectivity index (χ3v) is 5.84. The Kier molecular flexibility index (Phi) is 7.04. The Bertz CT molecular complexity index is 966. The zero-order valence-electron chi connectivity index (χ0n) is 18.5. The maximum absolute atomic E-state index is 15.0. The summed E-state index contributed by atoms with van der Waals surface area (Å²) < 4.78 is 21.9. The van der Waals surface area contributed by atoms with E-state index in [0.717, 1.165) is 0 Å². The number of hydrogen-bond donors (Lipinski definition) is 1. The summed E-state index contributed by atoms with van der Waals surface area (Å²) in [5, 5.41) is 16.6. The highest BCUT2D eigenvalue weighted by Gasteiger charge is 2.33. The maximum Gasteiger partial charge on any atom is 0.414 e. The van der Waals surface area contributed by atoms with Crippen molar-refractivity contribution in [1.82, 2.24) is 24.8 Å². The Morgan fingerprint density at radius 2 is 2.09 bits per heavy atom. The number of ether oxygens (including phenoxy) is 1. The number of aliphatic hydroxyl groups excluding tert-OH is 1. The summed E-state index contributed by atoms with van der Waals surface area (Å²) in [5.74, 6) is -0.433. The standard InChI is InChI=1S/C21H28FN7O4/c1-25(10-11-30)15-20(31)27-8-6-26(7-9-27)19-3-2-16(12-18(19)22)29-14-17(33-21(29)32)13-28-5-4-23-24-28/h2-5,12,17,30H,6-11,13-15H2,1H3/t17-/m0/s1. The highest BCUT2D eigenvalue weighted by Crippen LogP contribution is 2.28. The molecule has 2 aromatic rings. The molecule has 33 heavy (non-hydrogen) atoms. The molecule has 0 unspecified atom stereocenters. The molecule has 0 radical (unpaired) electrons. The second kappa shape index (κ2) is 10.1. The smallest absolute Gasteiger partial charge is 0.414 e. The second-order valence-corrected chi connectivity index (χ2v) is 8.21. The highest BCUT2D eigenvalue weighted by molar-refractivity contribution is 5.90. The third kappa shape index (κ3) is 5.40. The first-order valence-electron chi connectivity index (χ1n) is 10.9. The van der Waals surface area contributed by atoms with E-state index < -0.39 is 18.0 Å². The van der Waals surface area contributed by atoms with Crippen LogP contribution >= 0.6 is 0 Å². The van der Waals surface area contributed by atoms with E-state index in [2.05, 4.69) is 10.3 Å². The lowest BCUT2D eigenvalue weighted by Crippen LogP contribution is -2.51.